The minimum Gasteiger partial charge on any atom is -0.403 e. The standard InChI is InChI=1S/C19H26N4O8S/c1-19(2,8-24)16(28)18(30)22-5-4-21-11(26)3-6-32-10-7-9(25)15-12(14(10)27)13(17(20)29)23-31-15/h7,13,16,23-24,28H,3-6,8H2,1-2H3,(H2,20,29)(H,21,26)(H,22,30). The molecule has 0 radical (unpaired) electrons. The number of aliphatic hydroxyl groups is 2. The third-order valence-corrected chi connectivity index (χ3v) is 5.80. The SMILES string of the molecule is CC(C)(CO)C(O)C(=O)NCCNC(=O)CCSC1=CC(=O)C2=C(C1=O)C(C(N)=O)NO2. The van der Waals surface area contributed by atoms with E-state index in [1.54, 1.807) is 13.8 Å². The molecule has 32 heavy (non-hydrogen) atoms. The van der Waals surface area contributed by atoms with E-state index in [2.05, 4.69) is 16.1 Å². The summed E-state index contributed by atoms with van der Waals surface area (Å²) in [7, 11) is 0. The van der Waals surface area contributed by atoms with E-state index in [1.807, 2.05) is 0 Å². The van der Waals surface area contributed by atoms with E-state index in [1.165, 1.54) is 0 Å². The first-order chi connectivity index (χ1) is 15.0. The summed E-state index contributed by atoms with van der Waals surface area (Å²) in [5.74, 6) is -3.08. The predicted octanol–water partition coefficient (Wildman–Crippen LogP) is -2.60. The van der Waals surface area contributed by atoms with E-state index in [4.69, 9.17) is 10.6 Å². The Bertz CT molecular complexity index is 883. The van der Waals surface area contributed by atoms with Gasteiger partial charge in [-0.2, -0.15) is 0 Å². The molecule has 3 amide bonds. The molecule has 2 atom stereocenters. The number of amides is 3. The zero-order valence-corrected chi connectivity index (χ0v) is 18.4. The summed E-state index contributed by atoms with van der Waals surface area (Å²) in [4.78, 5) is 64.9. The molecule has 13 heteroatoms. The second-order valence-electron chi connectivity index (χ2n) is 7.79. The Morgan fingerprint density at radius 2 is 1.94 bits per heavy atom. The van der Waals surface area contributed by atoms with E-state index in [0.717, 1.165) is 17.8 Å². The molecule has 12 nitrogen and oxygen atoms in total. The number of nitrogens with two attached hydrogens (primary N) is 1. The maximum Gasteiger partial charge on any atom is 0.249 e. The molecule has 2 aliphatic rings. The molecule has 0 saturated heterocycles. The summed E-state index contributed by atoms with van der Waals surface area (Å²) >= 11 is 0.987. The lowest BCUT2D eigenvalue weighted by Gasteiger charge is -2.27. The van der Waals surface area contributed by atoms with Crippen molar-refractivity contribution in [2.24, 2.45) is 11.1 Å². The van der Waals surface area contributed by atoms with Crippen molar-refractivity contribution < 1.29 is 39.0 Å². The van der Waals surface area contributed by atoms with Gasteiger partial charge in [-0.15, -0.1) is 17.2 Å². The van der Waals surface area contributed by atoms with Gasteiger partial charge in [-0.25, -0.2) is 0 Å². The van der Waals surface area contributed by atoms with Gasteiger partial charge in [0.15, 0.2) is 6.04 Å². The summed E-state index contributed by atoms with van der Waals surface area (Å²) in [5.41, 5.74) is 6.33. The highest BCUT2D eigenvalue weighted by molar-refractivity contribution is 8.04. The third kappa shape index (κ3) is 5.94. The van der Waals surface area contributed by atoms with E-state index < -0.39 is 40.9 Å². The number of hydrogen-bond donors (Lipinski definition) is 6. The van der Waals surface area contributed by atoms with Crippen LogP contribution in [0, 0.1) is 5.41 Å². The molecule has 0 aromatic carbocycles. The van der Waals surface area contributed by atoms with Gasteiger partial charge in [-0.3, -0.25) is 24.0 Å². The first kappa shape index (κ1) is 25.5. The fourth-order valence-electron chi connectivity index (χ4n) is 2.74. The molecule has 0 aromatic rings. The Morgan fingerprint density at radius 1 is 1.28 bits per heavy atom. The summed E-state index contributed by atoms with van der Waals surface area (Å²) < 4.78 is 0. The van der Waals surface area contributed by atoms with Crippen molar-refractivity contribution in [3.63, 3.8) is 0 Å². The number of rotatable bonds is 11. The van der Waals surface area contributed by atoms with Gasteiger partial charge in [0.1, 0.15) is 6.10 Å². The highest BCUT2D eigenvalue weighted by Gasteiger charge is 2.42. The van der Waals surface area contributed by atoms with E-state index in [-0.39, 0.29) is 54.0 Å². The lowest BCUT2D eigenvalue weighted by Crippen LogP contribution is -2.47. The molecule has 176 valence electrons. The van der Waals surface area contributed by atoms with Gasteiger partial charge < -0.3 is 31.4 Å². The van der Waals surface area contributed by atoms with Gasteiger partial charge in [0.2, 0.25) is 35.0 Å². The molecular formula is C19H26N4O8S. The number of hydroxylamine groups is 1. The highest BCUT2D eigenvalue weighted by atomic mass is 32.2. The summed E-state index contributed by atoms with van der Waals surface area (Å²) in [6.45, 7) is 2.90. The number of allylic oxidation sites excluding steroid dienone is 2. The molecule has 2 unspecified atom stereocenters. The number of nitrogens with one attached hydrogen (secondary N) is 3. The van der Waals surface area contributed by atoms with Gasteiger partial charge in [-0.1, -0.05) is 13.8 Å². The number of ketones is 2. The fraction of sp³-hybridized carbons (Fsp3) is 0.526. The first-order valence-corrected chi connectivity index (χ1v) is 10.7. The van der Waals surface area contributed by atoms with Gasteiger partial charge in [0, 0.05) is 36.8 Å². The van der Waals surface area contributed by atoms with Gasteiger partial charge >= 0.3 is 0 Å². The Morgan fingerprint density at radius 3 is 2.56 bits per heavy atom. The maximum atomic E-state index is 12.6. The Hall–Kier alpha value is -2.74. The zero-order valence-electron chi connectivity index (χ0n) is 17.6. The van der Waals surface area contributed by atoms with Crippen LogP contribution in [0.25, 0.3) is 0 Å². The van der Waals surface area contributed by atoms with Crippen LogP contribution in [0.5, 0.6) is 0 Å². The van der Waals surface area contributed by atoms with Crippen LogP contribution >= 0.6 is 11.8 Å². The Balaban J connectivity index is 1.73. The summed E-state index contributed by atoms with van der Waals surface area (Å²) in [6.07, 6.45) is -0.282. The maximum absolute atomic E-state index is 12.6. The van der Waals surface area contributed by atoms with E-state index in [9.17, 15) is 34.2 Å². The number of hydrogen-bond acceptors (Lipinski definition) is 10. The van der Waals surface area contributed by atoms with Crippen LogP contribution in [0.3, 0.4) is 0 Å². The lowest BCUT2D eigenvalue weighted by atomic mass is 9.87. The van der Waals surface area contributed by atoms with Crippen LogP contribution in [0.2, 0.25) is 0 Å². The molecule has 0 bridgehead atoms. The average molecular weight is 471 g/mol. The van der Waals surface area contributed by atoms with Crippen molar-refractivity contribution in [1.82, 2.24) is 16.1 Å². The molecule has 1 heterocycles. The van der Waals surface area contributed by atoms with Crippen molar-refractivity contribution >= 4 is 41.0 Å². The smallest absolute Gasteiger partial charge is 0.249 e. The van der Waals surface area contributed by atoms with Crippen molar-refractivity contribution in [1.29, 1.82) is 0 Å². The fourth-order valence-corrected chi connectivity index (χ4v) is 3.68. The largest absolute Gasteiger partial charge is 0.403 e. The Kier molecular flexibility index (Phi) is 8.55. The third-order valence-electron chi connectivity index (χ3n) is 4.78. The number of Topliss-reactive ketones (excluding diaryl/α,β-unsaturated/α-hetero) is 1. The lowest BCUT2D eigenvalue weighted by molar-refractivity contribution is -0.137. The van der Waals surface area contributed by atoms with E-state index in [0.29, 0.717) is 0 Å². The minimum atomic E-state index is -1.39. The number of primary amides is 1. The number of carbonyl (C=O) groups is 5. The molecule has 0 spiro atoms. The van der Waals surface area contributed by atoms with Crippen LogP contribution in [-0.4, -0.2) is 77.1 Å². The van der Waals surface area contributed by atoms with Crippen LogP contribution in [0.15, 0.2) is 22.3 Å². The predicted molar refractivity (Wildman–Crippen MR) is 112 cm³/mol. The van der Waals surface area contributed by atoms with Crippen LogP contribution in [-0.2, 0) is 28.8 Å². The van der Waals surface area contributed by atoms with Crippen LogP contribution in [0.1, 0.15) is 20.3 Å². The number of carbonyl (C=O) groups excluding carboxylic acids is 5. The number of thioether (sulfide) groups is 1. The van der Waals surface area contributed by atoms with E-state index >= 15 is 0 Å². The molecule has 7 N–H and O–H groups in total. The van der Waals surface area contributed by atoms with Crippen molar-refractivity contribution in [3.8, 4) is 0 Å². The topological polar surface area (TPSA) is 197 Å². The normalized spacial score (nSPS) is 19.1. The van der Waals surface area contributed by atoms with Gasteiger partial charge in [0.25, 0.3) is 0 Å². The number of aliphatic hydroxyl groups excluding tert-OH is 2. The molecule has 2 rings (SSSR count). The first-order valence-electron chi connectivity index (χ1n) is 9.72. The quantitative estimate of drug-likeness (QED) is 0.137. The molecule has 0 saturated carbocycles. The van der Waals surface area contributed by atoms with Gasteiger partial charge in [0.05, 0.1) is 17.1 Å². The summed E-state index contributed by atoms with van der Waals surface area (Å²) in [6, 6.07) is -1.22. The van der Waals surface area contributed by atoms with Crippen LogP contribution < -0.4 is 21.8 Å². The van der Waals surface area contributed by atoms with Crippen molar-refractivity contribution in [2.45, 2.75) is 32.4 Å². The van der Waals surface area contributed by atoms with Crippen molar-refractivity contribution in [2.75, 3.05) is 25.4 Å². The van der Waals surface area contributed by atoms with Crippen molar-refractivity contribution in [3.05, 3.63) is 22.3 Å². The van der Waals surface area contributed by atoms with Gasteiger partial charge in [-0.05, 0) is 0 Å². The molecule has 0 aromatic heterocycles. The Labute approximate surface area is 187 Å². The zero-order chi connectivity index (χ0) is 24.1. The molecule has 1 aliphatic heterocycles. The van der Waals surface area contributed by atoms with Crippen LogP contribution in [0.4, 0.5) is 0 Å². The molecular weight excluding hydrogens is 444 g/mol. The second kappa shape index (κ2) is 10.7. The summed E-state index contributed by atoms with van der Waals surface area (Å²) in [5, 5.41) is 24.1. The minimum absolute atomic E-state index is 0.0253. The average Bonchev–Trinajstić information content (AvgIpc) is 3.20. The second-order valence-corrected chi connectivity index (χ2v) is 8.93. The molecule has 0 fully saturated rings. The highest BCUT2D eigenvalue weighted by Crippen LogP contribution is 2.32. The monoisotopic (exact) mass is 470 g/mol. The molecule has 1 aliphatic carbocycles.